The van der Waals surface area contributed by atoms with Crippen molar-refractivity contribution in [1.82, 2.24) is 4.98 Å². The van der Waals surface area contributed by atoms with E-state index in [0.29, 0.717) is 5.56 Å². The Morgan fingerprint density at radius 1 is 1.46 bits per heavy atom. The summed E-state index contributed by atoms with van der Waals surface area (Å²) in [6.45, 7) is 0. The number of nitrogens with zero attached hydrogens (tertiary/aromatic N) is 1. The lowest BCUT2D eigenvalue weighted by molar-refractivity contribution is 0.419. The molecule has 13 heavy (non-hydrogen) atoms. The van der Waals surface area contributed by atoms with Crippen molar-refractivity contribution < 1.29 is 4.74 Å². The first-order valence-electron chi connectivity index (χ1n) is 3.91. The summed E-state index contributed by atoms with van der Waals surface area (Å²) in [4.78, 5) is 3.01. The van der Waals surface area contributed by atoms with Crippen molar-refractivity contribution in [3.63, 3.8) is 0 Å². The van der Waals surface area contributed by atoms with Gasteiger partial charge in [-0.3, -0.25) is 0 Å². The van der Waals surface area contributed by atoms with Gasteiger partial charge < -0.3 is 9.72 Å². The summed E-state index contributed by atoms with van der Waals surface area (Å²) in [6.07, 6.45) is 1.69. The molecule has 0 aliphatic rings. The number of hydrogen-bond donors (Lipinski definition) is 1. The Kier molecular flexibility index (Phi) is 1.67. The highest BCUT2D eigenvalue weighted by molar-refractivity contribution is 5.90. The van der Waals surface area contributed by atoms with Gasteiger partial charge in [0.1, 0.15) is 11.8 Å². The molecule has 0 fully saturated rings. The number of nitrogens with one attached hydrogen (secondary N) is 1. The van der Waals surface area contributed by atoms with Gasteiger partial charge in [0.05, 0.1) is 18.2 Å². The lowest BCUT2D eigenvalue weighted by atomic mass is 10.2. The number of para-hydroxylation sites is 1. The topological polar surface area (TPSA) is 48.8 Å². The van der Waals surface area contributed by atoms with E-state index in [0.717, 1.165) is 16.7 Å². The van der Waals surface area contributed by atoms with E-state index < -0.39 is 0 Å². The Bertz CT molecular complexity index is 479. The molecule has 0 amide bonds. The molecule has 0 bridgehead atoms. The van der Waals surface area contributed by atoms with Gasteiger partial charge in [-0.15, -0.1) is 0 Å². The second kappa shape index (κ2) is 2.83. The molecular formula is C10H8N2O. The van der Waals surface area contributed by atoms with E-state index >= 15 is 0 Å². The van der Waals surface area contributed by atoms with Crippen LogP contribution < -0.4 is 4.74 Å². The molecule has 3 nitrogen and oxygen atoms in total. The average Bonchev–Trinajstić information content (AvgIpc) is 2.60. The van der Waals surface area contributed by atoms with Crippen molar-refractivity contribution in [1.29, 1.82) is 5.26 Å². The summed E-state index contributed by atoms with van der Waals surface area (Å²) in [7, 11) is 1.61. The summed E-state index contributed by atoms with van der Waals surface area (Å²) in [5.41, 5.74) is 1.52. The second-order valence-electron chi connectivity index (χ2n) is 2.70. The summed E-state index contributed by atoms with van der Waals surface area (Å²) in [6, 6.07) is 7.74. The van der Waals surface area contributed by atoms with Gasteiger partial charge in [-0.05, 0) is 6.07 Å². The highest BCUT2D eigenvalue weighted by Gasteiger charge is 2.05. The number of rotatable bonds is 1. The zero-order valence-electron chi connectivity index (χ0n) is 7.16. The minimum atomic E-state index is 0.647. The van der Waals surface area contributed by atoms with Crippen molar-refractivity contribution in [3.8, 4) is 11.8 Å². The van der Waals surface area contributed by atoms with Gasteiger partial charge in [-0.25, -0.2) is 0 Å². The van der Waals surface area contributed by atoms with E-state index in [4.69, 9.17) is 10.00 Å². The van der Waals surface area contributed by atoms with Crippen LogP contribution in [0, 0.1) is 11.3 Å². The number of hydrogen-bond acceptors (Lipinski definition) is 2. The molecule has 0 saturated carbocycles. The molecule has 3 heteroatoms. The maximum absolute atomic E-state index is 8.78. The third kappa shape index (κ3) is 1.04. The largest absolute Gasteiger partial charge is 0.495 e. The molecule has 1 heterocycles. The number of ether oxygens (including phenoxy) is 1. The summed E-state index contributed by atoms with van der Waals surface area (Å²) < 4.78 is 5.14. The molecule has 1 N–H and O–H groups in total. The second-order valence-corrected chi connectivity index (χ2v) is 2.70. The Hall–Kier alpha value is -1.95. The van der Waals surface area contributed by atoms with Crippen LogP contribution in [0.5, 0.6) is 5.75 Å². The van der Waals surface area contributed by atoms with Crippen LogP contribution in [0.4, 0.5) is 0 Å². The molecule has 0 atom stereocenters. The Labute approximate surface area is 75.6 Å². The molecule has 0 unspecified atom stereocenters. The predicted molar refractivity (Wildman–Crippen MR) is 49.6 cm³/mol. The van der Waals surface area contributed by atoms with E-state index in [9.17, 15) is 0 Å². The number of fused-ring (bicyclic) bond motifs is 1. The lowest BCUT2D eigenvalue weighted by Crippen LogP contribution is -1.83. The lowest BCUT2D eigenvalue weighted by Gasteiger charge is -1.99. The average molecular weight is 172 g/mol. The third-order valence-corrected chi connectivity index (χ3v) is 2.02. The van der Waals surface area contributed by atoms with Crippen LogP contribution in [0.2, 0.25) is 0 Å². The first-order chi connectivity index (χ1) is 6.36. The third-order valence-electron chi connectivity index (χ3n) is 2.02. The van der Waals surface area contributed by atoms with Crippen LogP contribution in [0.25, 0.3) is 10.9 Å². The Balaban J connectivity index is 2.81. The molecule has 0 spiro atoms. The molecule has 1 aromatic heterocycles. The van der Waals surface area contributed by atoms with Gasteiger partial charge in [0.25, 0.3) is 0 Å². The summed E-state index contributed by atoms with van der Waals surface area (Å²) >= 11 is 0. The fourth-order valence-corrected chi connectivity index (χ4v) is 1.39. The van der Waals surface area contributed by atoms with Crippen molar-refractivity contribution in [2.45, 2.75) is 0 Å². The van der Waals surface area contributed by atoms with Crippen molar-refractivity contribution in [2.24, 2.45) is 0 Å². The smallest absolute Gasteiger partial charge is 0.142 e. The normalized spacial score (nSPS) is 9.85. The van der Waals surface area contributed by atoms with E-state index in [1.165, 1.54) is 0 Å². The number of H-pyrrole nitrogens is 1. The van der Waals surface area contributed by atoms with Crippen molar-refractivity contribution in [2.75, 3.05) is 7.11 Å². The standard InChI is InChI=1S/C10H8N2O/c1-13-9-4-2-3-8-7(5-11)6-12-10(8)9/h2-4,6,12H,1H3. The molecule has 2 aromatic rings. The number of aromatic amines is 1. The number of nitriles is 1. The zero-order chi connectivity index (χ0) is 9.26. The van der Waals surface area contributed by atoms with Gasteiger partial charge in [0.15, 0.2) is 0 Å². The van der Waals surface area contributed by atoms with Gasteiger partial charge in [0.2, 0.25) is 0 Å². The van der Waals surface area contributed by atoms with Crippen molar-refractivity contribution in [3.05, 3.63) is 30.0 Å². The monoisotopic (exact) mass is 172 g/mol. The minimum Gasteiger partial charge on any atom is -0.495 e. The highest BCUT2D eigenvalue weighted by atomic mass is 16.5. The minimum absolute atomic E-state index is 0.647. The van der Waals surface area contributed by atoms with Crippen LogP contribution >= 0.6 is 0 Å². The quantitative estimate of drug-likeness (QED) is 0.715. The van der Waals surface area contributed by atoms with Crippen LogP contribution in [0.1, 0.15) is 5.56 Å². The molecule has 0 radical (unpaired) electrons. The van der Waals surface area contributed by atoms with E-state index in [1.54, 1.807) is 13.3 Å². The molecule has 0 aliphatic heterocycles. The van der Waals surface area contributed by atoms with Gasteiger partial charge in [-0.2, -0.15) is 5.26 Å². The number of benzene rings is 1. The van der Waals surface area contributed by atoms with Crippen LogP contribution in [-0.4, -0.2) is 12.1 Å². The summed E-state index contributed by atoms with van der Waals surface area (Å²) in [5.74, 6) is 0.763. The highest BCUT2D eigenvalue weighted by Crippen LogP contribution is 2.26. The van der Waals surface area contributed by atoms with Gasteiger partial charge >= 0.3 is 0 Å². The van der Waals surface area contributed by atoms with E-state index in [1.807, 2.05) is 18.2 Å². The van der Waals surface area contributed by atoms with Crippen LogP contribution in [0.3, 0.4) is 0 Å². The van der Waals surface area contributed by atoms with E-state index in [-0.39, 0.29) is 0 Å². The Morgan fingerprint density at radius 3 is 3.00 bits per heavy atom. The zero-order valence-corrected chi connectivity index (χ0v) is 7.16. The van der Waals surface area contributed by atoms with Crippen molar-refractivity contribution >= 4 is 10.9 Å². The van der Waals surface area contributed by atoms with Gasteiger partial charge in [-0.1, -0.05) is 12.1 Å². The predicted octanol–water partition coefficient (Wildman–Crippen LogP) is 2.05. The number of methoxy groups -OCH3 is 1. The van der Waals surface area contributed by atoms with Crippen LogP contribution in [0.15, 0.2) is 24.4 Å². The maximum Gasteiger partial charge on any atom is 0.142 e. The molecule has 64 valence electrons. The first-order valence-corrected chi connectivity index (χ1v) is 3.91. The fraction of sp³-hybridized carbons (Fsp3) is 0.100. The maximum atomic E-state index is 8.78. The Morgan fingerprint density at radius 2 is 2.31 bits per heavy atom. The molecule has 0 saturated heterocycles. The molecular weight excluding hydrogens is 164 g/mol. The van der Waals surface area contributed by atoms with Gasteiger partial charge in [0, 0.05) is 11.6 Å². The summed E-state index contributed by atoms with van der Waals surface area (Å²) in [5, 5.41) is 9.68. The first kappa shape index (κ1) is 7.69. The molecule has 1 aromatic carbocycles. The fourth-order valence-electron chi connectivity index (χ4n) is 1.39. The van der Waals surface area contributed by atoms with Crippen LogP contribution in [-0.2, 0) is 0 Å². The molecule has 0 aliphatic carbocycles. The molecule has 2 rings (SSSR count). The number of aromatic nitrogens is 1. The SMILES string of the molecule is COc1cccc2c(C#N)c[nH]c12. The van der Waals surface area contributed by atoms with E-state index in [2.05, 4.69) is 11.1 Å².